The van der Waals surface area contributed by atoms with E-state index in [1.54, 1.807) is 12.1 Å². The highest BCUT2D eigenvalue weighted by atomic mass is 32.2. The van der Waals surface area contributed by atoms with Crippen molar-refractivity contribution in [3.05, 3.63) is 77.0 Å². The van der Waals surface area contributed by atoms with Gasteiger partial charge in [-0.05, 0) is 42.2 Å². The first kappa shape index (κ1) is 19.4. The SMILES string of the molecule is Cc1cc(N2CCc3ccc(S(N)(=O)=O)cc3C2)nc(NCc2ccccc2)n1. The topological polar surface area (TPSA) is 101 Å². The van der Waals surface area contributed by atoms with Crippen LogP contribution in [-0.2, 0) is 29.5 Å². The lowest BCUT2D eigenvalue weighted by molar-refractivity contribution is 0.597. The first-order valence-corrected chi connectivity index (χ1v) is 11.0. The third-order valence-electron chi connectivity index (χ3n) is 4.98. The summed E-state index contributed by atoms with van der Waals surface area (Å²) in [6.07, 6.45) is 0.816. The Bertz CT molecular complexity index is 1130. The highest BCUT2D eigenvalue weighted by Crippen LogP contribution is 2.26. The fourth-order valence-electron chi connectivity index (χ4n) is 3.48. The maximum absolute atomic E-state index is 11.7. The molecule has 7 nitrogen and oxygen atoms in total. The monoisotopic (exact) mass is 409 g/mol. The molecule has 0 aliphatic carbocycles. The van der Waals surface area contributed by atoms with E-state index in [2.05, 4.69) is 20.2 Å². The first-order chi connectivity index (χ1) is 13.9. The van der Waals surface area contributed by atoms with E-state index in [0.29, 0.717) is 19.0 Å². The van der Waals surface area contributed by atoms with Crippen LogP contribution in [0.1, 0.15) is 22.4 Å². The fraction of sp³-hybridized carbons (Fsp3) is 0.238. The number of primary sulfonamides is 1. The smallest absolute Gasteiger partial charge is 0.238 e. The molecule has 0 bridgehead atoms. The average molecular weight is 410 g/mol. The van der Waals surface area contributed by atoms with E-state index in [9.17, 15) is 8.42 Å². The van der Waals surface area contributed by atoms with Gasteiger partial charge in [-0.1, -0.05) is 36.4 Å². The normalized spacial score (nSPS) is 13.8. The molecule has 150 valence electrons. The summed E-state index contributed by atoms with van der Waals surface area (Å²) in [5.74, 6) is 1.40. The molecule has 1 aromatic heterocycles. The average Bonchev–Trinajstić information content (AvgIpc) is 2.71. The summed E-state index contributed by atoms with van der Waals surface area (Å²) >= 11 is 0. The number of fused-ring (bicyclic) bond motifs is 1. The molecular formula is C21H23N5O2S. The minimum absolute atomic E-state index is 0.141. The second-order valence-corrected chi connectivity index (χ2v) is 8.74. The van der Waals surface area contributed by atoms with Gasteiger partial charge in [0.05, 0.1) is 4.90 Å². The Hall–Kier alpha value is -2.97. The number of benzene rings is 2. The summed E-state index contributed by atoms with van der Waals surface area (Å²) in [7, 11) is -3.72. The lowest BCUT2D eigenvalue weighted by Gasteiger charge is -2.30. The fourth-order valence-corrected chi connectivity index (χ4v) is 4.04. The molecule has 4 rings (SSSR count). The molecular weight excluding hydrogens is 386 g/mol. The molecule has 3 aromatic rings. The van der Waals surface area contributed by atoms with Crippen molar-refractivity contribution in [2.75, 3.05) is 16.8 Å². The number of hydrogen-bond acceptors (Lipinski definition) is 6. The van der Waals surface area contributed by atoms with Gasteiger partial charge in [0.2, 0.25) is 16.0 Å². The van der Waals surface area contributed by atoms with Gasteiger partial charge in [0, 0.05) is 31.4 Å². The van der Waals surface area contributed by atoms with Gasteiger partial charge in [-0.15, -0.1) is 0 Å². The minimum Gasteiger partial charge on any atom is -0.352 e. The number of aromatic nitrogens is 2. The van der Waals surface area contributed by atoms with E-state index in [-0.39, 0.29) is 4.90 Å². The summed E-state index contributed by atoms with van der Waals surface area (Å²) < 4.78 is 23.4. The van der Waals surface area contributed by atoms with Crippen molar-refractivity contribution < 1.29 is 8.42 Å². The van der Waals surface area contributed by atoms with Crippen LogP contribution in [-0.4, -0.2) is 24.9 Å². The number of nitrogens with zero attached hydrogens (tertiary/aromatic N) is 3. The minimum atomic E-state index is -3.72. The summed E-state index contributed by atoms with van der Waals surface area (Å²) in [6.45, 7) is 3.96. The van der Waals surface area contributed by atoms with Crippen LogP contribution in [0, 0.1) is 6.92 Å². The summed E-state index contributed by atoms with van der Waals surface area (Å²) in [4.78, 5) is 11.4. The largest absolute Gasteiger partial charge is 0.352 e. The molecule has 0 radical (unpaired) electrons. The quantitative estimate of drug-likeness (QED) is 0.672. The number of hydrogen-bond donors (Lipinski definition) is 2. The van der Waals surface area contributed by atoms with Crippen molar-refractivity contribution in [1.29, 1.82) is 0 Å². The van der Waals surface area contributed by atoms with Gasteiger partial charge in [-0.2, -0.15) is 4.98 Å². The molecule has 0 fully saturated rings. The molecule has 3 N–H and O–H groups in total. The first-order valence-electron chi connectivity index (χ1n) is 9.41. The van der Waals surface area contributed by atoms with Crippen LogP contribution in [0.25, 0.3) is 0 Å². The molecule has 0 atom stereocenters. The standard InChI is InChI=1S/C21H23N5O2S/c1-15-11-20(25-21(24-15)23-13-16-5-3-2-4-6-16)26-10-9-17-7-8-19(29(22,27)28)12-18(17)14-26/h2-8,11-12H,9-10,13-14H2,1H3,(H2,22,27,28)(H,23,24,25). The Kier molecular flexibility index (Phi) is 5.21. The van der Waals surface area contributed by atoms with E-state index in [0.717, 1.165) is 41.2 Å². The molecule has 1 aliphatic heterocycles. The van der Waals surface area contributed by atoms with Crippen molar-refractivity contribution in [3.8, 4) is 0 Å². The maximum Gasteiger partial charge on any atom is 0.238 e. The third-order valence-corrected chi connectivity index (χ3v) is 5.89. The van der Waals surface area contributed by atoms with Gasteiger partial charge in [0.15, 0.2) is 0 Å². The van der Waals surface area contributed by atoms with E-state index in [4.69, 9.17) is 5.14 Å². The Labute approximate surface area is 170 Å². The van der Waals surface area contributed by atoms with Crippen molar-refractivity contribution >= 4 is 21.8 Å². The predicted octanol–water partition coefficient (Wildman–Crippen LogP) is 2.61. The van der Waals surface area contributed by atoms with Crippen molar-refractivity contribution in [2.24, 2.45) is 5.14 Å². The highest BCUT2D eigenvalue weighted by molar-refractivity contribution is 7.89. The zero-order chi connectivity index (χ0) is 20.4. The van der Waals surface area contributed by atoms with E-state index >= 15 is 0 Å². The number of sulfonamides is 1. The Morgan fingerprint density at radius 2 is 1.86 bits per heavy atom. The molecule has 8 heteroatoms. The van der Waals surface area contributed by atoms with Crippen LogP contribution < -0.4 is 15.4 Å². The summed E-state index contributed by atoms with van der Waals surface area (Å²) in [5.41, 5.74) is 4.12. The van der Waals surface area contributed by atoms with Crippen LogP contribution in [0.5, 0.6) is 0 Å². The molecule has 0 spiro atoms. The second kappa shape index (κ2) is 7.81. The van der Waals surface area contributed by atoms with Crippen LogP contribution >= 0.6 is 0 Å². The summed E-state index contributed by atoms with van der Waals surface area (Å²) in [6, 6.07) is 17.1. The Morgan fingerprint density at radius 3 is 2.62 bits per heavy atom. The van der Waals surface area contributed by atoms with E-state index in [1.165, 1.54) is 0 Å². The zero-order valence-corrected chi connectivity index (χ0v) is 17.0. The number of rotatable bonds is 5. The molecule has 2 heterocycles. The molecule has 1 aliphatic rings. The molecule has 2 aromatic carbocycles. The molecule has 0 unspecified atom stereocenters. The Morgan fingerprint density at radius 1 is 1.07 bits per heavy atom. The van der Waals surface area contributed by atoms with Gasteiger partial charge in [-0.3, -0.25) is 0 Å². The van der Waals surface area contributed by atoms with Gasteiger partial charge >= 0.3 is 0 Å². The van der Waals surface area contributed by atoms with Crippen LogP contribution in [0.3, 0.4) is 0 Å². The lowest BCUT2D eigenvalue weighted by Crippen LogP contribution is -2.31. The second-order valence-electron chi connectivity index (χ2n) is 7.18. The van der Waals surface area contributed by atoms with Crippen molar-refractivity contribution in [3.63, 3.8) is 0 Å². The van der Waals surface area contributed by atoms with Crippen LogP contribution in [0.4, 0.5) is 11.8 Å². The van der Waals surface area contributed by atoms with Gasteiger partial charge in [-0.25, -0.2) is 18.5 Å². The number of nitrogens with one attached hydrogen (secondary N) is 1. The van der Waals surface area contributed by atoms with Gasteiger partial charge < -0.3 is 10.2 Å². The summed E-state index contributed by atoms with van der Waals surface area (Å²) in [5, 5.41) is 8.57. The van der Waals surface area contributed by atoms with E-state index in [1.807, 2.05) is 49.4 Å². The van der Waals surface area contributed by atoms with Gasteiger partial charge in [0.25, 0.3) is 0 Å². The molecule has 0 amide bonds. The molecule has 29 heavy (non-hydrogen) atoms. The number of anilines is 2. The molecule has 0 saturated carbocycles. The highest BCUT2D eigenvalue weighted by Gasteiger charge is 2.20. The van der Waals surface area contributed by atoms with Crippen LogP contribution in [0.2, 0.25) is 0 Å². The maximum atomic E-state index is 11.7. The van der Waals surface area contributed by atoms with Crippen molar-refractivity contribution in [1.82, 2.24) is 9.97 Å². The number of aryl methyl sites for hydroxylation is 1. The molecule has 0 saturated heterocycles. The lowest BCUT2D eigenvalue weighted by atomic mass is 10.00. The predicted molar refractivity (Wildman–Crippen MR) is 113 cm³/mol. The van der Waals surface area contributed by atoms with Crippen molar-refractivity contribution in [2.45, 2.75) is 31.3 Å². The zero-order valence-electron chi connectivity index (χ0n) is 16.2. The van der Waals surface area contributed by atoms with Gasteiger partial charge in [0.1, 0.15) is 5.82 Å². The van der Waals surface area contributed by atoms with Crippen LogP contribution in [0.15, 0.2) is 59.5 Å². The third kappa shape index (κ3) is 4.55. The van der Waals surface area contributed by atoms with E-state index < -0.39 is 10.0 Å². The number of nitrogens with two attached hydrogens (primary N) is 1. The Balaban J connectivity index is 1.55.